The van der Waals surface area contributed by atoms with E-state index >= 15 is 0 Å². The smallest absolute Gasteiger partial charge is 0.00103 e. The second kappa shape index (κ2) is 2.78. The standard InChI is InChI=1S/C10H19N/c1-8-5-11(6-9(8)2)7-10-3-4-10/h8-10H,3-7H2,1-2H3/t8-,9?/m0/s1. The van der Waals surface area contributed by atoms with E-state index in [0.717, 1.165) is 17.8 Å². The summed E-state index contributed by atoms with van der Waals surface area (Å²) in [5.74, 6) is 2.95. The predicted octanol–water partition coefficient (Wildman–Crippen LogP) is 1.98. The topological polar surface area (TPSA) is 3.24 Å². The van der Waals surface area contributed by atoms with Gasteiger partial charge < -0.3 is 4.90 Å². The minimum Gasteiger partial charge on any atom is -0.303 e. The maximum absolute atomic E-state index is 2.66. The first-order chi connectivity index (χ1) is 5.25. The van der Waals surface area contributed by atoms with Crippen molar-refractivity contribution in [3.8, 4) is 0 Å². The van der Waals surface area contributed by atoms with Gasteiger partial charge in [0, 0.05) is 19.6 Å². The number of nitrogens with zero attached hydrogens (tertiary/aromatic N) is 1. The van der Waals surface area contributed by atoms with Crippen molar-refractivity contribution in [1.29, 1.82) is 0 Å². The Morgan fingerprint density at radius 1 is 1.09 bits per heavy atom. The van der Waals surface area contributed by atoms with Crippen LogP contribution in [0.25, 0.3) is 0 Å². The fourth-order valence-electron chi connectivity index (χ4n) is 2.06. The summed E-state index contributed by atoms with van der Waals surface area (Å²) in [6.45, 7) is 8.89. The zero-order chi connectivity index (χ0) is 7.84. The van der Waals surface area contributed by atoms with Gasteiger partial charge in [-0.15, -0.1) is 0 Å². The molecule has 1 saturated carbocycles. The quantitative estimate of drug-likeness (QED) is 0.586. The molecule has 1 aliphatic heterocycles. The average Bonchev–Trinajstić information content (AvgIpc) is 2.65. The van der Waals surface area contributed by atoms with E-state index in [4.69, 9.17) is 0 Å². The SMILES string of the molecule is CC1CN(CC2CC2)C[C@@H]1C. The summed E-state index contributed by atoms with van der Waals surface area (Å²) >= 11 is 0. The van der Waals surface area contributed by atoms with Gasteiger partial charge in [-0.25, -0.2) is 0 Å². The first-order valence-electron chi connectivity index (χ1n) is 4.98. The molecule has 1 unspecified atom stereocenters. The van der Waals surface area contributed by atoms with Gasteiger partial charge in [-0.2, -0.15) is 0 Å². The molecule has 1 heteroatoms. The van der Waals surface area contributed by atoms with E-state index in [1.54, 1.807) is 0 Å². The Morgan fingerprint density at radius 3 is 2.09 bits per heavy atom. The van der Waals surface area contributed by atoms with Gasteiger partial charge in [-0.05, 0) is 30.6 Å². The van der Waals surface area contributed by atoms with Crippen molar-refractivity contribution in [3.63, 3.8) is 0 Å². The van der Waals surface area contributed by atoms with Crippen LogP contribution in [0.15, 0.2) is 0 Å². The van der Waals surface area contributed by atoms with Crippen molar-refractivity contribution < 1.29 is 0 Å². The van der Waals surface area contributed by atoms with E-state index in [-0.39, 0.29) is 0 Å². The van der Waals surface area contributed by atoms with Crippen LogP contribution in [0.4, 0.5) is 0 Å². The predicted molar refractivity (Wildman–Crippen MR) is 47.5 cm³/mol. The molecule has 0 amide bonds. The molecule has 0 N–H and O–H groups in total. The molecule has 0 radical (unpaired) electrons. The first kappa shape index (κ1) is 7.60. The fraction of sp³-hybridized carbons (Fsp3) is 1.00. The van der Waals surface area contributed by atoms with Crippen LogP contribution in [0.3, 0.4) is 0 Å². The highest BCUT2D eigenvalue weighted by Gasteiger charge is 2.30. The summed E-state index contributed by atoms with van der Waals surface area (Å²) in [6, 6.07) is 0. The van der Waals surface area contributed by atoms with Crippen molar-refractivity contribution in [2.75, 3.05) is 19.6 Å². The van der Waals surface area contributed by atoms with Crippen LogP contribution in [-0.2, 0) is 0 Å². The maximum atomic E-state index is 2.66. The summed E-state index contributed by atoms with van der Waals surface area (Å²) in [7, 11) is 0. The van der Waals surface area contributed by atoms with Gasteiger partial charge >= 0.3 is 0 Å². The minimum atomic E-state index is 0.939. The average molecular weight is 153 g/mol. The summed E-state index contributed by atoms with van der Waals surface area (Å²) in [4.78, 5) is 2.66. The molecule has 1 heterocycles. The summed E-state index contributed by atoms with van der Waals surface area (Å²) in [6.07, 6.45) is 3.00. The van der Waals surface area contributed by atoms with Crippen LogP contribution in [0.2, 0.25) is 0 Å². The molecule has 1 aliphatic carbocycles. The molecule has 0 aromatic rings. The van der Waals surface area contributed by atoms with Crippen molar-refractivity contribution in [2.24, 2.45) is 17.8 Å². The van der Waals surface area contributed by atoms with Gasteiger partial charge in [-0.1, -0.05) is 13.8 Å². The number of hydrogen-bond donors (Lipinski definition) is 0. The highest BCUT2D eigenvalue weighted by Crippen LogP contribution is 2.32. The zero-order valence-corrected chi connectivity index (χ0v) is 7.71. The second-order valence-electron chi connectivity index (χ2n) is 4.62. The lowest BCUT2D eigenvalue weighted by atomic mass is 10.0. The van der Waals surface area contributed by atoms with Crippen molar-refractivity contribution in [1.82, 2.24) is 4.90 Å². The molecule has 0 aromatic carbocycles. The Morgan fingerprint density at radius 2 is 1.64 bits per heavy atom. The van der Waals surface area contributed by atoms with Crippen LogP contribution in [0.5, 0.6) is 0 Å². The third-order valence-corrected chi connectivity index (χ3v) is 3.28. The third kappa shape index (κ3) is 1.76. The molecule has 1 saturated heterocycles. The van der Waals surface area contributed by atoms with Gasteiger partial charge in [-0.3, -0.25) is 0 Å². The van der Waals surface area contributed by atoms with Crippen molar-refractivity contribution in [2.45, 2.75) is 26.7 Å². The molecule has 0 bridgehead atoms. The van der Waals surface area contributed by atoms with Gasteiger partial charge in [0.1, 0.15) is 0 Å². The lowest BCUT2D eigenvalue weighted by Gasteiger charge is -2.13. The Bertz CT molecular complexity index is 127. The highest BCUT2D eigenvalue weighted by atomic mass is 15.2. The van der Waals surface area contributed by atoms with Gasteiger partial charge in [0.05, 0.1) is 0 Å². The molecule has 2 atom stereocenters. The summed E-state index contributed by atoms with van der Waals surface area (Å²) < 4.78 is 0. The minimum absolute atomic E-state index is 0.939. The maximum Gasteiger partial charge on any atom is 0.00103 e. The van der Waals surface area contributed by atoms with Crippen LogP contribution in [-0.4, -0.2) is 24.5 Å². The molecular formula is C10H19N. The lowest BCUT2D eigenvalue weighted by Crippen LogP contribution is -2.23. The zero-order valence-electron chi connectivity index (χ0n) is 7.71. The highest BCUT2D eigenvalue weighted by molar-refractivity contribution is 4.83. The molecule has 0 aromatic heterocycles. The molecule has 2 rings (SSSR count). The third-order valence-electron chi connectivity index (χ3n) is 3.28. The van der Waals surface area contributed by atoms with Crippen LogP contribution >= 0.6 is 0 Å². The summed E-state index contributed by atoms with van der Waals surface area (Å²) in [5.41, 5.74) is 0. The normalized spacial score (nSPS) is 39.8. The van der Waals surface area contributed by atoms with E-state index in [1.165, 1.54) is 32.5 Å². The molecule has 0 spiro atoms. The van der Waals surface area contributed by atoms with E-state index in [0.29, 0.717) is 0 Å². The molecule has 2 aliphatic rings. The fourth-order valence-corrected chi connectivity index (χ4v) is 2.06. The Hall–Kier alpha value is -0.0400. The Labute approximate surface area is 69.8 Å². The van der Waals surface area contributed by atoms with Gasteiger partial charge in [0.25, 0.3) is 0 Å². The molecule has 2 fully saturated rings. The van der Waals surface area contributed by atoms with Crippen molar-refractivity contribution in [3.05, 3.63) is 0 Å². The van der Waals surface area contributed by atoms with Crippen molar-refractivity contribution >= 4 is 0 Å². The number of hydrogen-bond acceptors (Lipinski definition) is 1. The largest absolute Gasteiger partial charge is 0.303 e. The van der Waals surface area contributed by atoms with E-state index in [1.807, 2.05) is 0 Å². The summed E-state index contributed by atoms with van der Waals surface area (Å²) in [5, 5.41) is 0. The molecule has 11 heavy (non-hydrogen) atoms. The monoisotopic (exact) mass is 153 g/mol. The van der Waals surface area contributed by atoms with Gasteiger partial charge in [0.15, 0.2) is 0 Å². The van der Waals surface area contributed by atoms with Gasteiger partial charge in [0.2, 0.25) is 0 Å². The Balaban J connectivity index is 1.78. The molecule has 1 nitrogen and oxygen atoms in total. The number of rotatable bonds is 2. The number of likely N-dealkylation sites (tertiary alicyclic amines) is 1. The van der Waals surface area contributed by atoms with E-state index < -0.39 is 0 Å². The molecular weight excluding hydrogens is 134 g/mol. The van der Waals surface area contributed by atoms with E-state index in [2.05, 4.69) is 18.7 Å². The first-order valence-corrected chi connectivity index (χ1v) is 4.98. The van der Waals surface area contributed by atoms with Crippen LogP contribution in [0.1, 0.15) is 26.7 Å². The molecule has 64 valence electrons. The Kier molecular flexibility index (Phi) is 1.92. The second-order valence-corrected chi connectivity index (χ2v) is 4.62. The van der Waals surface area contributed by atoms with Crippen LogP contribution in [0, 0.1) is 17.8 Å². The lowest BCUT2D eigenvalue weighted by molar-refractivity contribution is 0.310. The van der Waals surface area contributed by atoms with E-state index in [9.17, 15) is 0 Å². The van der Waals surface area contributed by atoms with Crippen LogP contribution < -0.4 is 0 Å².